The Kier molecular flexibility index (Phi) is 7.21. The molecule has 1 aromatic heterocycles. The van der Waals surface area contributed by atoms with Crippen LogP contribution in [0.3, 0.4) is 0 Å². The highest BCUT2D eigenvalue weighted by Gasteiger charge is 2.33. The van der Waals surface area contributed by atoms with Gasteiger partial charge in [0.1, 0.15) is 0 Å². The van der Waals surface area contributed by atoms with E-state index in [1.54, 1.807) is 25.3 Å². The molecule has 0 atom stereocenters. The molecule has 0 saturated carbocycles. The number of nitro benzene ring substituents is 1. The number of rotatable bonds is 8. The lowest BCUT2D eigenvalue weighted by Crippen LogP contribution is -2.25. The number of halogens is 3. The van der Waals surface area contributed by atoms with E-state index < -0.39 is 28.3 Å². The number of hydrogen-bond acceptors (Lipinski definition) is 6. The number of benzene rings is 1. The zero-order chi connectivity index (χ0) is 20.7. The molecule has 0 spiro atoms. The van der Waals surface area contributed by atoms with Crippen molar-refractivity contribution >= 4 is 23.4 Å². The summed E-state index contributed by atoms with van der Waals surface area (Å²) in [5.74, 6) is -0.252. The first-order valence-corrected chi connectivity index (χ1v) is 9.02. The van der Waals surface area contributed by atoms with E-state index in [4.69, 9.17) is 4.74 Å². The quantitative estimate of drug-likeness (QED) is 0.400. The lowest BCUT2D eigenvalue weighted by Gasteiger charge is -2.10. The largest absolute Gasteiger partial charge is 0.478 e. The molecule has 0 aliphatic rings. The maximum atomic E-state index is 12.7. The van der Waals surface area contributed by atoms with E-state index in [1.807, 2.05) is 0 Å². The van der Waals surface area contributed by atoms with Crippen molar-refractivity contribution in [1.82, 2.24) is 10.3 Å². The molecule has 11 heteroatoms. The number of nitro groups is 1. The monoisotopic (exact) mass is 415 g/mol. The van der Waals surface area contributed by atoms with Crippen LogP contribution in [0.25, 0.3) is 0 Å². The van der Waals surface area contributed by atoms with Crippen LogP contribution in [-0.2, 0) is 17.5 Å². The van der Waals surface area contributed by atoms with Gasteiger partial charge < -0.3 is 10.1 Å². The predicted octanol–water partition coefficient (Wildman–Crippen LogP) is 3.82. The molecule has 0 aliphatic heterocycles. The van der Waals surface area contributed by atoms with Crippen LogP contribution in [0.5, 0.6) is 5.88 Å². The molecule has 2 rings (SSSR count). The van der Waals surface area contributed by atoms with Crippen LogP contribution in [0.4, 0.5) is 18.9 Å². The topological polar surface area (TPSA) is 94.4 Å². The van der Waals surface area contributed by atoms with E-state index in [-0.39, 0.29) is 17.2 Å². The lowest BCUT2D eigenvalue weighted by molar-refractivity contribution is -0.388. The Morgan fingerprint density at radius 3 is 2.75 bits per heavy atom. The summed E-state index contributed by atoms with van der Waals surface area (Å²) in [5, 5.41) is 13.7. The molecular weight excluding hydrogens is 399 g/mol. The van der Waals surface area contributed by atoms with Gasteiger partial charge in [-0.05, 0) is 25.1 Å². The number of amides is 1. The van der Waals surface area contributed by atoms with Crippen molar-refractivity contribution in [2.45, 2.75) is 24.5 Å². The fourth-order valence-electron chi connectivity index (χ4n) is 2.17. The first kappa shape index (κ1) is 21.5. The van der Waals surface area contributed by atoms with Crippen molar-refractivity contribution in [2.24, 2.45) is 0 Å². The molecule has 7 nitrogen and oxygen atoms in total. The van der Waals surface area contributed by atoms with Gasteiger partial charge in [-0.25, -0.2) is 4.98 Å². The Labute approximate surface area is 162 Å². The Morgan fingerprint density at radius 2 is 2.11 bits per heavy atom. The SMILES string of the molecule is CCOc1ncccc1CNC(=O)CSc1ccc(C(F)(F)F)cc1[N+](=O)[O-]. The lowest BCUT2D eigenvalue weighted by atomic mass is 10.2. The van der Waals surface area contributed by atoms with Crippen LogP contribution in [-0.4, -0.2) is 28.2 Å². The summed E-state index contributed by atoms with van der Waals surface area (Å²) in [5.41, 5.74) is -1.16. The Balaban J connectivity index is 2.00. The number of aromatic nitrogens is 1. The second kappa shape index (κ2) is 9.40. The maximum Gasteiger partial charge on any atom is 0.416 e. The molecule has 0 saturated heterocycles. The molecule has 150 valence electrons. The van der Waals surface area contributed by atoms with Gasteiger partial charge in [0.25, 0.3) is 5.69 Å². The normalized spacial score (nSPS) is 11.1. The number of alkyl halides is 3. The molecule has 1 heterocycles. The number of pyridine rings is 1. The third kappa shape index (κ3) is 5.84. The van der Waals surface area contributed by atoms with Crippen molar-refractivity contribution in [3.8, 4) is 5.88 Å². The van der Waals surface area contributed by atoms with Crippen molar-refractivity contribution in [3.63, 3.8) is 0 Å². The summed E-state index contributed by atoms with van der Waals surface area (Å²) in [6.07, 6.45) is -3.14. The fourth-order valence-corrected chi connectivity index (χ4v) is 3.01. The molecule has 0 aliphatic carbocycles. The summed E-state index contributed by atoms with van der Waals surface area (Å²) in [7, 11) is 0. The van der Waals surface area contributed by atoms with Crippen LogP contribution in [0.1, 0.15) is 18.1 Å². The van der Waals surface area contributed by atoms with E-state index >= 15 is 0 Å². The Hall–Kier alpha value is -2.82. The molecule has 2 aromatic rings. The zero-order valence-corrected chi connectivity index (χ0v) is 15.5. The van der Waals surface area contributed by atoms with Gasteiger partial charge >= 0.3 is 6.18 Å². The van der Waals surface area contributed by atoms with Crippen molar-refractivity contribution in [3.05, 3.63) is 57.8 Å². The third-order valence-electron chi connectivity index (χ3n) is 3.45. The molecule has 1 aromatic carbocycles. The summed E-state index contributed by atoms with van der Waals surface area (Å²) in [4.78, 5) is 26.2. The van der Waals surface area contributed by atoms with E-state index in [0.29, 0.717) is 24.1 Å². The zero-order valence-electron chi connectivity index (χ0n) is 14.7. The number of nitrogens with one attached hydrogen (secondary N) is 1. The third-order valence-corrected chi connectivity index (χ3v) is 4.51. The highest BCUT2D eigenvalue weighted by atomic mass is 32.2. The van der Waals surface area contributed by atoms with Gasteiger partial charge in [0, 0.05) is 24.4 Å². The minimum atomic E-state index is -4.69. The van der Waals surface area contributed by atoms with Crippen molar-refractivity contribution < 1.29 is 27.6 Å². The average Bonchev–Trinajstić information content (AvgIpc) is 2.65. The number of ether oxygens (including phenoxy) is 1. The summed E-state index contributed by atoms with van der Waals surface area (Å²) < 4.78 is 43.5. The molecule has 0 radical (unpaired) electrons. The molecule has 1 amide bonds. The van der Waals surface area contributed by atoms with Crippen molar-refractivity contribution in [1.29, 1.82) is 0 Å². The van der Waals surface area contributed by atoms with Crippen LogP contribution in [0.15, 0.2) is 41.4 Å². The fraction of sp³-hybridized carbons (Fsp3) is 0.294. The summed E-state index contributed by atoms with van der Waals surface area (Å²) in [6, 6.07) is 5.62. The maximum absolute atomic E-state index is 12.7. The number of carbonyl (C=O) groups excluding carboxylic acids is 1. The second-order valence-electron chi connectivity index (χ2n) is 5.40. The Bertz CT molecular complexity index is 862. The highest BCUT2D eigenvalue weighted by Crippen LogP contribution is 2.36. The van der Waals surface area contributed by atoms with Crippen LogP contribution < -0.4 is 10.1 Å². The molecule has 0 unspecified atom stereocenters. The van der Waals surface area contributed by atoms with Gasteiger partial charge in [0.15, 0.2) is 0 Å². The predicted molar refractivity (Wildman–Crippen MR) is 96.1 cm³/mol. The smallest absolute Gasteiger partial charge is 0.416 e. The van der Waals surface area contributed by atoms with Gasteiger partial charge in [-0.2, -0.15) is 13.2 Å². The van der Waals surface area contributed by atoms with Gasteiger partial charge in [0.05, 0.1) is 27.7 Å². The first-order chi connectivity index (χ1) is 13.2. The van der Waals surface area contributed by atoms with Crippen LogP contribution >= 0.6 is 11.8 Å². The average molecular weight is 415 g/mol. The van der Waals surface area contributed by atoms with Crippen LogP contribution in [0.2, 0.25) is 0 Å². The number of hydrogen-bond donors (Lipinski definition) is 1. The second-order valence-corrected chi connectivity index (χ2v) is 6.42. The summed E-state index contributed by atoms with van der Waals surface area (Å²) >= 11 is 0.784. The molecule has 0 bridgehead atoms. The van der Waals surface area contributed by atoms with E-state index in [2.05, 4.69) is 10.3 Å². The van der Waals surface area contributed by atoms with E-state index in [1.165, 1.54) is 0 Å². The number of thioether (sulfide) groups is 1. The van der Waals surface area contributed by atoms with Gasteiger partial charge in [-0.3, -0.25) is 14.9 Å². The minimum Gasteiger partial charge on any atom is -0.478 e. The molecular formula is C17H16F3N3O4S. The molecule has 0 fully saturated rings. The standard InChI is InChI=1S/C17H16F3N3O4S/c1-2-27-16-11(4-3-7-21-16)9-22-15(24)10-28-14-6-5-12(17(18,19)20)8-13(14)23(25)26/h3-8H,2,9-10H2,1H3,(H,22,24). The number of nitrogens with zero attached hydrogens (tertiary/aromatic N) is 2. The summed E-state index contributed by atoms with van der Waals surface area (Å²) in [6.45, 7) is 2.34. The Morgan fingerprint density at radius 1 is 1.36 bits per heavy atom. The molecule has 1 N–H and O–H groups in total. The van der Waals surface area contributed by atoms with Gasteiger partial charge in [-0.15, -0.1) is 11.8 Å². The minimum absolute atomic E-state index is 0.0236. The van der Waals surface area contributed by atoms with Crippen LogP contribution in [0, 0.1) is 10.1 Å². The van der Waals surface area contributed by atoms with E-state index in [0.717, 1.165) is 23.9 Å². The highest BCUT2D eigenvalue weighted by molar-refractivity contribution is 8.00. The van der Waals surface area contributed by atoms with Gasteiger partial charge in [-0.1, -0.05) is 6.07 Å². The molecule has 28 heavy (non-hydrogen) atoms. The van der Waals surface area contributed by atoms with Crippen molar-refractivity contribution in [2.75, 3.05) is 12.4 Å². The van der Waals surface area contributed by atoms with Gasteiger partial charge in [0.2, 0.25) is 11.8 Å². The van der Waals surface area contributed by atoms with E-state index in [9.17, 15) is 28.1 Å². The number of carbonyl (C=O) groups is 1. The first-order valence-electron chi connectivity index (χ1n) is 8.04.